The molecule has 0 amide bonds. The Labute approximate surface area is 323 Å². The second-order valence-electron chi connectivity index (χ2n) is 13.7. The first-order valence-electron chi connectivity index (χ1n) is 20.4. The van der Waals surface area contributed by atoms with Crippen LogP contribution in [-0.4, -0.2) is 0 Å². The molecular formula is C52H33NO2. The number of rotatable bonds is 6. The molecule has 0 N–H and O–H groups in total. The smallest absolute Gasteiger partial charge is 0.143 e. The highest BCUT2D eigenvalue weighted by Crippen LogP contribution is 2.46. The minimum atomic E-state index is -0.149. The molecule has 0 unspecified atom stereocenters. The molecule has 0 fully saturated rings. The van der Waals surface area contributed by atoms with E-state index in [9.17, 15) is 5.48 Å². The van der Waals surface area contributed by atoms with Gasteiger partial charge in [0, 0.05) is 55.0 Å². The molecule has 0 radical (unpaired) electrons. The van der Waals surface area contributed by atoms with Crippen LogP contribution in [0.4, 0.5) is 17.1 Å². The molecule has 0 aliphatic carbocycles. The van der Waals surface area contributed by atoms with E-state index in [1.807, 2.05) is 132 Å². The van der Waals surface area contributed by atoms with Gasteiger partial charge in [0.15, 0.2) is 0 Å². The Kier molecular flexibility index (Phi) is 6.27. The molecule has 0 atom stereocenters. The van der Waals surface area contributed by atoms with E-state index < -0.39 is 0 Å². The minimum Gasteiger partial charge on any atom is -0.455 e. The van der Waals surface area contributed by atoms with Crippen LogP contribution in [0.25, 0.3) is 88.0 Å². The van der Waals surface area contributed by atoms with Crippen molar-refractivity contribution in [1.82, 2.24) is 0 Å². The van der Waals surface area contributed by atoms with Crippen LogP contribution in [0.1, 0.15) is 5.48 Å². The molecule has 258 valence electrons. The van der Waals surface area contributed by atoms with E-state index in [0.717, 1.165) is 76.9 Å². The average molecular weight is 708 g/mol. The van der Waals surface area contributed by atoms with E-state index in [0.29, 0.717) is 16.9 Å². The van der Waals surface area contributed by atoms with Gasteiger partial charge in [-0.3, -0.25) is 0 Å². The first-order chi connectivity index (χ1) is 29.0. The normalized spacial score (nSPS) is 12.7. The van der Waals surface area contributed by atoms with Crippen molar-refractivity contribution in [3.8, 4) is 33.4 Å². The molecule has 2 aromatic heterocycles. The lowest BCUT2D eigenvalue weighted by atomic mass is 9.98. The largest absolute Gasteiger partial charge is 0.455 e. The number of benzene rings is 9. The van der Waals surface area contributed by atoms with Gasteiger partial charge in [-0.15, -0.1) is 0 Å². The van der Waals surface area contributed by atoms with Gasteiger partial charge in [-0.1, -0.05) is 158 Å². The van der Waals surface area contributed by atoms with Crippen molar-refractivity contribution in [2.24, 2.45) is 0 Å². The molecule has 0 saturated carbocycles. The van der Waals surface area contributed by atoms with E-state index in [4.69, 9.17) is 8.83 Å². The Morgan fingerprint density at radius 3 is 1.80 bits per heavy atom. The summed E-state index contributed by atoms with van der Waals surface area (Å²) in [7, 11) is 0. The zero-order chi connectivity index (χ0) is 39.8. The van der Waals surface area contributed by atoms with Crippen LogP contribution in [-0.2, 0) is 0 Å². The summed E-state index contributed by atoms with van der Waals surface area (Å²) >= 11 is 0. The van der Waals surface area contributed by atoms with Crippen molar-refractivity contribution in [1.29, 1.82) is 0 Å². The van der Waals surface area contributed by atoms with E-state index in [-0.39, 0.29) is 35.4 Å². The van der Waals surface area contributed by atoms with Gasteiger partial charge < -0.3 is 13.7 Å². The maximum atomic E-state index is 9.56. The van der Waals surface area contributed by atoms with Crippen LogP contribution in [0, 0.1) is 0 Å². The van der Waals surface area contributed by atoms with E-state index in [1.165, 1.54) is 0 Å². The van der Waals surface area contributed by atoms with Gasteiger partial charge in [0.25, 0.3) is 0 Å². The van der Waals surface area contributed by atoms with Crippen LogP contribution in [0.5, 0.6) is 0 Å². The Hall–Kier alpha value is -7.36. The maximum Gasteiger partial charge on any atom is 0.143 e. The fourth-order valence-electron chi connectivity index (χ4n) is 7.95. The first-order valence-corrected chi connectivity index (χ1v) is 18.4. The van der Waals surface area contributed by atoms with Crippen LogP contribution in [0.2, 0.25) is 0 Å². The molecule has 2 heterocycles. The molecule has 3 heteroatoms. The number of hydrogen-bond acceptors (Lipinski definition) is 3. The molecule has 11 rings (SSSR count). The molecular weight excluding hydrogens is 671 g/mol. The maximum absolute atomic E-state index is 9.56. The molecule has 9 aromatic carbocycles. The standard InChI is InChI=1S/C52H33NO2/c1-2-12-34(13-3-1)35-24-29-38(30-25-35)53(39-31-26-37(27-32-39)41-18-10-20-45-43-17-7-9-23-49(43)54-50(41)45)48-22-8-6-16-42(48)44-19-11-21-46-47-33-28-36-14-4-5-15-40(36)51(47)55-52(44)46/h1-33H/i24D,25D,29D,30D. The fraction of sp³-hybridized carbons (Fsp3) is 0. The summed E-state index contributed by atoms with van der Waals surface area (Å²) < 4.78 is 51.0. The SMILES string of the molecule is [2H]c1c([2H])c(N(c2ccc(-c3cccc4c3oc3ccccc34)cc2)c2ccccc2-c2cccc3c2oc2c4ccccc4ccc32)c([2H])c([2H])c1-c1ccccc1. The molecule has 0 spiro atoms. The topological polar surface area (TPSA) is 29.5 Å². The molecule has 0 saturated heterocycles. The predicted molar refractivity (Wildman–Crippen MR) is 229 cm³/mol. The van der Waals surface area contributed by atoms with Gasteiger partial charge in [-0.25, -0.2) is 0 Å². The lowest BCUT2D eigenvalue weighted by Crippen LogP contribution is -2.11. The minimum absolute atomic E-state index is 0.117. The molecule has 0 bridgehead atoms. The van der Waals surface area contributed by atoms with Crippen molar-refractivity contribution >= 4 is 71.7 Å². The van der Waals surface area contributed by atoms with Gasteiger partial charge in [0.05, 0.1) is 11.2 Å². The third-order valence-corrected chi connectivity index (χ3v) is 10.6. The first kappa shape index (κ1) is 27.3. The van der Waals surface area contributed by atoms with Crippen LogP contribution < -0.4 is 4.90 Å². The van der Waals surface area contributed by atoms with Gasteiger partial charge in [-0.2, -0.15) is 0 Å². The van der Waals surface area contributed by atoms with Gasteiger partial charge in [-0.05, 0) is 64.5 Å². The van der Waals surface area contributed by atoms with E-state index in [2.05, 4.69) is 48.5 Å². The molecule has 0 aliphatic rings. The van der Waals surface area contributed by atoms with Crippen molar-refractivity contribution in [2.75, 3.05) is 4.90 Å². The Morgan fingerprint density at radius 1 is 0.345 bits per heavy atom. The highest BCUT2D eigenvalue weighted by atomic mass is 16.3. The Balaban J connectivity index is 1.14. The Bertz CT molecular complexity index is 3410. The van der Waals surface area contributed by atoms with Crippen LogP contribution >= 0.6 is 0 Å². The number of fused-ring (bicyclic) bond motifs is 8. The lowest BCUT2D eigenvalue weighted by Gasteiger charge is -2.28. The molecule has 0 aliphatic heterocycles. The van der Waals surface area contributed by atoms with Crippen molar-refractivity contribution < 1.29 is 14.3 Å². The number of furan rings is 2. The van der Waals surface area contributed by atoms with Gasteiger partial charge >= 0.3 is 0 Å². The number of anilines is 3. The number of para-hydroxylation sites is 4. The highest BCUT2D eigenvalue weighted by Gasteiger charge is 2.21. The van der Waals surface area contributed by atoms with Gasteiger partial charge in [0.1, 0.15) is 22.3 Å². The quantitative estimate of drug-likeness (QED) is 0.172. The Morgan fingerprint density at radius 2 is 0.964 bits per heavy atom. The summed E-state index contributed by atoms with van der Waals surface area (Å²) in [5.74, 6) is 0. The zero-order valence-corrected chi connectivity index (χ0v) is 29.5. The summed E-state index contributed by atoms with van der Waals surface area (Å²) in [4.78, 5) is 1.85. The number of nitrogens with zero attached hydrogens (tertiary/aromatic N) is 1. The lowest BCUT2D eigenvalue weighted by molar-refractivity contribution is 0.670. The average Bonchev–Trinajstić information content (AvgIpc) is 3.87. The highest BCUT2D eigenvalue weighted by molar-refractivity contribution is 6.17. The fourth-order valence-corrected chi connectivity index (χ4v) is 7.95. The van der Waals surface area contributed by atoms with Crippen LogP contribution in [0.15, 0.2) is 209 Å². The monoisotopic (exact) mass is 707 g/mol. The summed E-state index contributed by atoms with van der Waals surface area (Å²) in [6.07, 6.45) is 0. The van der Waals surface area contributed by atoms with E-state index >= 15 is 0 Å². The van der Waals surface area contributed by atoms with E-state index in [1.54, 1.807) is 0 Å². The van der Waals surface area contributed by atoms with Crippen molar-refractivity contribution in [3.63, 3.8) is 0 Å². The molecule has 11 aromatic rings. The predicted octanol–water partition coefficient (Wildman–Crippen LogP) is 15.1. The summed E-state index contributed by atoms with van der Waals surface area (Å²) in [5, 5.41) is 6.20. The second-order valence-corrected chi connectivity index (χ2v) is 13.7. The molecule has 3 nitrogen and oxygen atoms in total. The van der Waals surface area contributed by atoms with Crippen molar-refractivity contribution in [3.05, 3.63) is 200 Å². The zero-order valence-electron chi connectivity index (χ0n) is 33.5. The summed E-state index contributed by atoms with van der Waals surface area (Å²) in [6, 6.07) is 57.3. The van der Waals surface area contributed by atoms with Gasteiger partial charge in [0.2, 0.25) is 0 Å². The third kappa shape index (κ3) is 5.13. The van der Waals surface area contributed by atoms with Crippen molar-refractivity contribution in [2.45, 2.75) is 0 Å². The summed E-state index contributed by atoms with van der Waals surface area (Å²) in [6.45, 7) is 0. The van der Waals surface area contributed by atoms with Crippen LogP contribution in [0.3, 0.4) is 0 Å². The third-order valence-electron chi connectivity index (χ3n) is 10.6. The summed E-state index contributed by atoms with van der Waals surface area (Å²) in [5.41, 5.74) is 9.03. The number of hydrogen-bond donors (Lipinski definition) is 0. The molecule has 55 heavy (non-hydrogen) atoms. The second kappa shape index (κ2) is 12.6.